The predicted molar refractivity (Wildman–Crippen MR) is 38.5 cm³/mol. The molecule has 10 heavy (non-hydrogen) atoms. The molecule has 0 aromatic carbocycles. The molecule has 0 saturated heterocycles. The minimum absolute atomic E-state index is 0.383. The van der Waals surface area contributed by atoms with E-state index in [1.807, 2.05) is 0 Å². The van der Waals surface area contributed by atoms with Gasteiger partial charge in [-0.25, -0.2) is 4.98 Å². The first-order chi connectivity index (χ1) is 4.74. The van der Waals surface area contributed by atoms with Gasteiger partial charge < -0.3 is 0 Å². The Morgan fingerprint density at radius 3 is 2.90 bits per heavy atom. The van der Waals surface area contributed by atoms with Crippen molar-refractivity contribution in [3.05, 3.63) is 29.3 Å². The van der Waals surface area contributed by atoms with Crippen LogP contribution in [0.1, 0.15) is 11.1 Å². The van der Waals surface area contributed by atoms with Gasteiger partial charge in [-0.3, -0.25) is 0 Å². The van der Waals surface area contributed by atoms with E-state index in [9.17, 15) is 4.39 Å². The average Bonchev–Trinajstić information content (AvgIpc) is 1.95. The topological polar surface area (TPSA) is 12.9 Å². The number of aryl methyl sites for hydroxylation is 1. The fourth-order valence-electron chi connectivity index (χ4n) is 0.689. The third kappa shape index (κ3) is 1.45. The van der Waals surface area contributed by atoms with Gasteiger partial charge in [-0.2, -0.15) is 4.39 Å². The Balaban J connectivity index is 3.04. The summed E-state index contributed by atoms with van der Waals surface area (Å²) in [5.41, 5.74) is 1.39. The molecule has 0 atom stereocenters. The second-order valence-corrected chi connectivity index (χ2v) is 2.35. The van der Waals surface area contributed by atoms with Crippen LogP contribution >= 0.6 is 11.6 Å². The average molecular weight is 160 g/mol. The summed E-state index contributed by atoms with van der Waals surface area (Å²) < 4.78 is 12.5. The first-order valence-corrected chi connectivity index (χ1v) is 3.44. The smallest absolute Gasteiger partial charge is 0.215 e. The third-order valence-corrected chi connectivity index (χ3v) is 1.53. The van der Waals surface area contributed by atoms with Crippen LogP contribution in [-0.2, 0) is 5.88 Å². The molecule has 0 radical (unpaired) electrons. The van der Waals surface area contributed by atoms with Crippen molar-refractivity contribution in [2.75, 3.05) is 0 Å². The number of hydrogen-bond acceptors (Lipinski definition) is 1. The molecule has 1 nitrogen and oxygen atoms in total. The number of halogens is 2. The van der Waals surface area contributed by atoms with Gasteiger partial charge in [-0.05, 0) is 18.6 Å². The first kappa shape index (κ1) is 7.48. The molecule has 0 fully saturated rings. The van der Waals surface area contributed by atoms with Gasteiger partial charge >= 0.3 is 0 Å². The Hall–Kier alpha value is -0.630. The van der Waals surface area contributed by atoms with Crippen molar-refractivity contribution in [3.8, 4) is 0 Å². The molecule has 0 amide bonds. The summed E-state index contributed by atoms with van der Waals surface area (Å²) >= 11 is 5.49. The summed E-state index contributed by atoms with van der Waals surface area (Å²) in [5.74, 6) is -0.0393. The van der Waals surface area contributed by atoms with Crippen molar-refractivity contribution in [1.29, 1.82) is 0 Å². The zero-order chi connectivity index (χ0) is 7.56. The molecule has 0 saturated carbocycles. The Kier molecular flexibility index (Phi) is 2.22. The monoisotopic (exact) mass is 159 g/mol. The fraction of sp³-hybridized carbons (Fsp3) is 0.286. The van der Waals surface area contributed by atoms with Crippen LogP contribution in [0, 0.1) is 12.9 Å². The van der Waals surface area contributed by atoms with E-state index in [2.05, 4.69) is 4.98 Å². The van der Waals surface area contributed by atoms with Crippen LogP contribution in [0.2, 0.25) is 0 Å². The molecule has 0 aliphatic rings. The molecule has 1 aromatic rings. The Morgan fingerprint density at radius 1 is 1.70 bits per heavy atom. The van der Waals surface area contributed by atoms with E-state index in [-0.39, 0.29) is 0 Å². The van der Waals surface area contributed by atoms with E-state index in [4.69, 9.17) is 11.6 Å². The molecule has 0 N–H and O–H groups in total. The summed E-state index contributed by atoms with van der Waals surface area (Å²) in [7, 11) is 0. The molecule has 1 heterocycles. The standard InChI is InChI=1S/C7H7ClFN/c1-5-2-6(3-8)4-10-7(5)9/h2,4H,3H2,1H3. The molecule has 54 valence electrons. The maximum Gasteiger partial charge on any atom is 0.215 e. The minimum Gasteiger partial charge on any atom is -0.228 e. The van der Waals surface area contributed by atoms with E-state index >= 15 is 0 Å². The van der Waals surface area contributed by atoms with Crippen LogP contribution in [0.5, 0.6) is 0 Å². The molecule has 1 aromatic heterocycles. The zero-order valence-electron chi connectivity index (χ0n) is 5.56. The van der Waals surface area contributed by atoms with Crippen molar-refractivity contribution in [3.63, 3.8) is 0 Å². The summed E-state index contributed by atoms with van der Waals surface area (Å²) in [5, 5.41) is 0. The lowest BCUT2D eigenvalue weighted by atomic mass is 10.2. The van der Waals surface area contributed by atoms with Crippen molar-refractivity contribution >= 4 is 11.6 Å². The number of rotatable bonds is 1. The summed E-state index contributed by atoms with van der Waals surface area (Å²) in [6.07, 6.45) is 1.44. The van der Waals surface area contributed by atoms with Crippen LogP contribution in [0.4, 0.5) is 4.39 Å². The van der Waals surface area contributed by atoms with Gasteiger partial charge in [-0.1, -0.05) is 0 Å². The molecule has 0 spiro atoms. The second-order valence-electron chi connectivity index (χ2n) is 2.08. The van der Waals surface area contributed by atoms with Gasteiger partial charge in [-0.15, -0.1) is 11.6 Å². The highest BCUT2D eigenvalue weighted by atomic mass is 35.5. The highest BCUT2D eigenvalue weighted by Gasteiger charge is 1.97. The van der Waals surface area contributed by atoms with Crippen molar-refractivity contribution < 1.29 is 4.39 Å². The molecule has 0 unspecified atom stereocenters. The van der Waals surface area contributed by atoms with Crippen LogP contribution in [0.25, 0.3) is 0 Å². The summed E-state index contributed by atoms with van der Waals surface area (Å²) in [6, 6.07) is 1.69. The normalized spacial score (nSPS) is 9.90. The first-order valence-electron chi connectivity index (χ1n) is 2.91. The molecule has 0 bridgehead atoms. The minimum atomic E-state index is -0.422. The van der Waals surface area contributed by atoms with Crippen LogP contribution in [0.3, 0.4) is 0 Å². The van der Waals surface area contributed by atoms with Gasteiger partial charge in [0.25, 0.3) is 0 Å². The number of alkyl halides is 1. The lowest BCUT2D eigenvalue weighted by Gasteiger charge is -1.96. The van der Waals surface area contributed by atoms with E-state index in [1.165, 1.54) is 6.20 Å². The van der Waals surface area contributed by atoms with Gasteiger partial charge in [0.15, 0.2) is 0 Å². The fourth-order valence-corrected chi connectivity index (χ4v) is 0.836. The quantitative estimate of drug-likeness (QED) is 0.453. The van der Waals surface area contributed by atoms with Gasteiger partial charge in [0.2, 0.25) is 5.95 Å². The Morgan fingerprint density at radius 2 is 2.40 bits per heavy atom. The zero-order valence-corrected chi connectivity index (χ0v) is 6.32. The Bertz CT molecular complexity index is 237. The number of aromatic nitrogens is 1. The van der Waals surface area contributed by atoms with Crippen molar-refractivity contribution in [2.24, 2.45) is 0 Å². The number of pyridine rings is 1. The molecular formula is C7H7ClFN. The number of hydrogen-bond donors (Lipinski definition) is 0. The summed E-state index contributed by atoms with van der Waals surface area (Å²) in [6.45, 7) is 1.67. The Labute approximate surface area is 63.8 Å². The van der Waals surface area contributed by atoms with E-state index in [0.29, 0.717) is 11.4 Å². The molecular weight excluding hydrogens is 153 g/mol. The lowest BCUT2D eigenvalue weighted by molar-refractivity contribution is 0.573. The van der Waals surface area contributed by atoms with Gasteiger partial charge in [0.05, 0.1) is 0 Å². The van der Waals surface area contributed by atoms with Gasteiger partial charge in [0, 0.05) is 17.6 Å². The van der Waals surface area contributed by atoms with E-state index < -0.39 is 5.95 Å². The molecule has 0 aliphatic heterocycles. The van der Waals surface area contributed by atoms with Crippen LogP contribution < -0.4 is 0 Å². The number of nitrogens with zero attached hydrogens (tertiary/aromatic N) is 1. The summed E-state index contributed by atoms with van der Waals surface area (Å²) in [4.78, 5) is 3.50. The molecule has 3 heteroatoms. The molecule has 0 aliphatic carbocycles. The predicted octanol–water partition coefficient (Wildman–Crippen LogP) is 2.27. The van der Waals surface area contributed by atoms with Gasteiger partial charge in [0.1, 0.15) is 0 Å². The van der Waals surface area contributed by atoms with Crippen molar-refractivity contribution in [1.82, 2.24) is 4.98 Å². The maximum atomic E-state index is 12.5. The molecule has 1 rings (SSSR count). The van der Waals surface area contributed by atoms with E-state index in [0.717, 1.165) is 5.56 Å². The van der Waals surface area contributed by atoms with Crippen molar-refractivity contribution in [2.45, 2.75) is 12.8 Å². The third-order valence-electron chi connectivity index (χ3n) is 1.23. The van der Waals surface area contributed by atoms with Crippen LogP contribution in [0.15, 0.2) is 12.3 Å². The lowest BCUT2D eigenvalue weighted by Crippen LogP contribution is -1.89. The highest BCUT2D eigenvalue weighted by molar-refractivity contribution is 6.17. The van der Waals surface area contributed by atoms with Crippen LogP contribution in [-0.4, -0.2) is 4.98 Å². The largest absolute Gasteiger partial charge is 0.228 e. The SMILES string of the molecule is Cc1cc(CCl)cnc1F. The highest BCUT2D eigenvalue weighted by Crippen LogP contribution is 2.07. The maximum absolute atomic E-state index is 12.5. The second kappa shape index (κ2) is 2.97. The van der Waals surface area contributed by atoms with E-state index in [1.54, 1.807) is 13.0 Å².